The lowest BCUT2D eigenvalue weighted by Gasteiger charge is -2.07. The summed E-state index contributed by atoms with van der Waals surface area (Å²) in [4.78, 5) is 16.5. The number of carbonyl (C=O) groups excluding carboxylic acids is 1. The average molecular weight is 308 g/mol. The van der Waals surface area contributed by atoms with Crippen LogP contribution in [0.4, 0.5) is 5.69 Å². The van der Waals surface area contributed by atoms with Crippen LogP contribution in [0.25, 0.3) is 11.3 Å². The molecule has 0 bridgehead atoms. The largest absolute Gasteiger partial charge is 0.328 e. The fraction of sp³-hybridized carbons (Fsp3) is 0.250. The standard InChI is InChI=1S/C16H16N6O/c1-21-10-13(19-20-21)16(23)18-12-6-4-11(5-7-12)14-9-17-15-3-2-8-22(14)15/h4-7,9-10H,2-3,8H2,1H3,(H,18,23). The van der Waals surface area contributed by atoms with Crippen molar-refractivity contribution in [3.8, 4) is 11.3 Å². The fourth-order valence-electron chi connectivity index (χ4n) is 2.86. The van der Waals surface area contributed by atoms with E-state index in [9.17, 15) is 4.79 Å². The van der Waals surface area contributed by atoms with Crippen LogP contribution in [0.15, 0.2) is 36.7 Å². The Balaban J connectivity index is 1.53. The van der Waals surface area contributed by atoms with Gasteiger partial charge in [0.05, 0.1) is 18.1 Å². The highest BCUT2D eigenvalue weighted by molar-refractivity contribution is 6.02. The Hall–Kier alpha value is -2.96. The quantitative estimate of drug-likeness (QED) is 0.801. The zero-order chi connectivity index (χ0) is 15.8. The molecule has 7 heteroatoms. The molecule has 116 valence electrons. The van der Waals surface area contributed by atoms with E-state index in [2.05, 4.69) is 25.2 Å². The normalized spacial score (nSPS) is 13.1. The summed E-state index contributed by atoms with van der Waals surface area (Å²) in [7, 11) is 1.72. The van der Waals surface area contributed by atoms with Crippen molar-refractivity contribution >= 4 is 11.6 Å². The van der Waals surface area contributed by atoms with E-state index in [-0.39, 0.29) is 5.91 Å². The first kappa shape index (κ1) is 13.7. The van der Waals surface area contributed by atoms with Crippen molar-refractivity contribution in [3.63, 3.8) is 0 Å². The molecular weight excluding hydrogens is 292 g/mol. The molecule has 0 unspecified atom stereocenters. The first-order valence-electron chi connectivity index (χ1n) is 7.53. The molecule has 1 amide bonds. The number of hydrogen-bond acceptors (Lipinski definition) is 4. The highest BCUT2D eigenvalue weighted by Crippen LogP contribution is 2.26. The maximum Gasteiger partial charge on any atom is 0.277 e. The van der Waals surface area contributed by atoms with Crippen molar-refractivity contribution in [2.24, 2.45) is 7.05 Å². The topological polar surface area (TPSA) is 77.6 Å². The minimum Gasteiger partial charge on any atom is -0.328 e. The molecule has 0 atom stereocenters. The van der Waals surface area contributed by atoms with Crippen molar-refractivity contribution in [2.75, 3.05) is 5.32 Å². The number of aryl methyl sites for hydroxylation is 2. The van der Waals surface area contributed by atoms with Gasteiger partial charge in [-0.1, -0.05) is 17.3 Å². The summed E-state index contributed by atoms with van der Waals surface area (Å²) in [6, 6.07) is 7.76. The van der Waals surface area contributed by atoms with Gasteiger partial charge in [0.2, 0.25) is 0 Å². The van der Waals surface area contributed by atoms with E-state index in [4.69, 9.17) is 0 Å². The summed E-state index contributed by atoms with van der Waals surface area (Å²) >= 11 is 0. The summed E-state index contributed by atoms with van der Waals surface area (Å²) in [6.07, 6.45) is 5.70. The van der Waals surface area contributed by atoms with Crippen molar-refractivity contribution < 1.29 is 4.79 Å². The molecule has 1 N–H and O–H groups in total. The molecule has 0 spiro atoms. The molecule has 0 saturated heterocycles. The number of anilines is 1. The fourth-order valence-corrected chi connectivity index (χ4v) is 2.86. The van der Waals surface area contributed by atoms with E-state index in [0.717, 1.165) is 42.2 Å². The number of imidazole rings is 1. The summed E-state index contributed by atoms with van der Waals surface area (Å²) in [5.41, 5.74) is 3.25. The van der Waals surface area contributed by atoms with Gasteiger partial charge in [-0.25, -0.2) is 4.98 Å². The molecule has 23 heavy (non-hydrogen) atoms. The number of rotatable bonds is 3. The number of carbonyl (C=O) groups is 1. The van der Waals surface area contributed by atoms with Crippen molar-refractivity contribution in [1.82, 2.24) is 24.5 Å². The SMILES string of the molecule is Cn1cc(C(=O)Nc2ccc(-c3cnc4n3CCC4)cc2)nn1. The maximum atomic E-state index is 12.1. The lowest BCUT2D eigenvalue weighted by molar-refractivity contribution is 0.102. The van der Waals surface area contributed by atoms with Gasteiger partial charge in [-0.3, -0.25) is 9.48 Å². The van der Waals surface area contributed by atoms with Crippen molar-refractivity contribution in [2.45, 2.75) is 19.4 Å². The Morgan fingerprint density at radius 3 is 2.83 bits per heavy atom. The minimum absolute atomic E-state index is 0.268. The average Bonchev–Trinajstić information content (AvgIpc) is 3.24. The predicted octanol–water partition coefficient (Wildman–Crippen LogP) is 1.88. The van der Waals surface area contributed by atoms with Crippen LogP contribution in [0, 0.1) is 0 Å². The lowest BCUT2D eigenvalue weighted by atomic mass is 10.1. The molecular formula is C16H16N6O. The molecule has 0 saturated carbocycles. The molecule has 1 aliphatic rings. The summed E-state index contributed by atoms with van der Waals surface area (Å²) in [5.74, 6) is 0.885. The summed E-state index contributed by atoms with van der Waals surface area (Å²) < 4.78 is 3.76. The number of fused-ring (bicyclic) bond motifs is 1. The number of nitrogens with one attached hydrogen (secondary N) is 1. The minimum atomic E-state index is -0.268. The van der Waals surface area contributed by atoms with E-state index in [1.165, 1.54) is 4.68 Å². The zero-order valence-corrected chi connectivity index (χ0v) is 12.7. The van der Waals surface area contributed by atoms with Crippen molar-refractivity contribution in [1.29, 1.82) is 0 Å². The van der Waals surface area contributed by atoms with E-state index < -0.39 is 0 Å². The third-order valence-corrected chi connectivity index (χ3v) is 3.99. The van der Waals surface area contributed by atoms with Gasteiger partial charge in [0.1, 0.15) is 5.82 Å². The first-order valence-corrected chi connectivity index (χ1v) is 7.53. The van der Waals surface area contributed by atoms with Gasteiger partial charge in [0, 0.05) is 25.7 Å². The van der Waals surface area contributed by atoms with Gasteiger partial charge in [-0.15, -0.1) is 5.10 Å². The smallest absolute Gasteiger partial charge is 0.277 e. The molecule has 1 aromatic carbocycles. The second kappa shape index (κ2) is 5.35. The maximum absolute atomic E-state index is 12.1. The number of hydrogen-bond donors (Lipinski definition) is 1. The Bertz CT molecular complexity index is 861. The second-order valence-corrected chi connectivity index (χ2v) is 5.62. The van der Waals surface area contributed by atoms with E-state index >= 15 is 0 Å². The van der Waals surface area contributed by atoms with E-state index in [1.54, 1.807) is 13.2 Å². The third-order valence-electron chi connectivity index (χ3n) is 3.99. The van der Waals surface area contributed by atoms with Crippen LogP contribution >= 0.6 is 0 Å². The number of amides is 1. The molecule has 1 aliphatic heterocycles. The monoisotopic (exact) mass is 308 g/mol. The number of aromatic nitrogens is 5. The van der Waals surface area contributed by atoms with Crippen LogP contribution in [0.5, 0.6) is 0 Å². The van der Waals surface area contributed by atoms with Crippen LogP contribution < -0.4 is 5.32 Å². The van der Waals surface area contributed by atoms with E-state index in [1.807, 2.05) is 30.5 Å². The highest BCUT2D eigenvalue weighted by atomic mass is 16.2. The third kappa shape index (κ3) is 2.50. The van der Waals surface area contributed by atoms with Gasteiger partial charge in [0.15, 0.2) is 5.69 Å². The molecule has 0 aliphatic carbocycles. The van der Waals surface area contributed by atoms with Crippen LogP contribution in [-0.2, 0) is 20.0 Å². The number of benzene rings is 1. The van der Waals surface area contributed by atoms with Gasteiger partial charge < -0.3 is 9.88 Å². The molecule has 2 aromatic heterocycles. The van der Waals surface area contributed by atoms with Crippen LogP contribution in [0.3, 0.4) is 0 Å². The first-order chi connectivity index (χ1) is 11.2. The molecule has 0 radical (unpaired) electrons. The Labute approximate surface area is 133 Å². The molecule has 4 rings (SSSR count). The highest BCUT2D eigenvalue weighted by Gasteiger charge is 2.16. The summed E-state index contributed by atoms with van der Waals surface area (Å²) in [5, 5.41) is 10.4. The van der Waals surface area contributed by atoms with Gasteiger partial charge >= 0.3 is 0 Å². The van der Waals surface area contributed by atoms with E-state index in [0.29, 0.717) is 5.69 Å². The molecule has 3 aromatic rings. The molecule has 3 heterocycles. The Morgan fingerprint density at radius 1 is 1.26 bits per heavy atom. The van der Waals surface area contributed by atoms with Crippen LogP contribution in [0.2, 0.25) is 0 Å². The van der Waals surface area contributed by atoms with Gasteiger partial charge in [-0.2, -0.15) is 0 Å². The van der Waals surface area contributed by atoms with Gasteiger partial charge in [-0.05, 0) is 24.1 Å². The lowest BCUT2D eigenvalue weighted by Crippen LogP contribution is -2.12. The molecule has 0 fully saturated rings. The number of nitrogens with zero attached hydrogens (tertiary/aromatic N) is 5. The second-order valence-electron chi connectivity index (χ2n) is 5.62. The Kier molecular flexibility index (Phi) is 3.18. The van der Waals surface area contributed by atoms with Crippen molar-refractivity contribution in [3.05, 3.63) is 48.2 Å². The zero-order valence-electron chi connectivity index (χ0n) is 12.7. The molecule has 7 nitrogen and oxygen atoms in total. The summed E-state index contributed by atoms with van der Waals surface area (Å²) in [6.45, 7) is 1.02. The van der Waals surface area contributed by atoms with Crippen LogP contribution in [0.1, 0.15) is 22.7 Å². The Morgan fingerprint density at radius 2 is 2.09 bits per heavy atom. The predicted molar refractivity (Wildman–Crippen MR) is 84.9 cm³/mol. The van der Waals surface area contributed by atoms with Gasteiger partial charge in [0.25, 0.3) is 5.91 Å². The van der Waals surface area contributed by atoms with Crippen LogP contribution in [-0.4, -0.2) is 30.5 Å².